The average molecular weight is 262 g/mol. The number of rotatable bonds is 4. The Morgan fingerprint density at radius 1 is 1.42 bits per heavy atom. The maximum Gasteiger partial charge on any atom is 0.251 e. The van der Waals surface area contributed by atoms with E-state index in [0.29, 0.717) is 11.5 Å². The molecule has 19 heavy (non-hydrogen) atoms. The first-order chi connectivity index (χ1) is 9.20. The number of nitrogens with one attached hydrogen (secondary N) is 2. The maximum atomic E-state index is 12.1. The highest BCUT2D eigenvalue weighted by atomic mass is 16.5. The molecule has 1 saturated heterocycles. The average Bonchev–Trinajstić information content (AvgIpc) is 2.46. The van der Waals surface area contributed by atoms with Gasteiger partial charge in [-0.05, 0) is 56.5 Å². The van der Waals surface area contributed by atoms with E-state index in [0.717, 1.165) is 43.8 Å². The Kier molecular flexibility index (Phi) is 4.80. The summed E-state index contributed by atoms with van der Waals surface area (Å²) in [6, 6.07) is 5.56. The van der Waals surface area contributed by atoms with E-state index in [1.165, 1.54) is 0 Å². The standard InChI is InChI=1S/C15H22N2O2/c1-11-3-4-13(9-14(11)19-2)15(18)17-10-12-5-7-16-8-6-12/h3-4,9,12,16H,5-8,10H2,1-2H3,(H,17,18). The van der Waals surface area contributed by atoms with Gasteiger partial charge in [-0.25, -0.2) is 0 Å². The predicted molar refractivity (Wildman–Crippen MR) is 75.7 cm³/mol. The fourth-order valence-electron chi connectivity index (χ4n) is 2.39. The van der Waals surface area contributed by atoms with Crippen LogP contribution in [0.4, 0.5) is 0 Å². The summed E-state index contributed by atoms with van der Waals surface area (Å²) in [6.07, 6.45) is 2.27. The first-order valence-corrected chi connectivity index (χ1v) is 6.84. The molecule has 1 fully saturated rings. The summed E-state index contributed by atoms with van der Waals surface area (Å²) in [5.41, 5.74) is 1.70. The van der Waals surface area contributed by atoms with Crippen LogP contribution < -0.4 is 15.4 Å². The number of hydrogen-bond donors (Lipinski definition) is 2. The molecule has 1 heterocycles. The third kappa shape index (κ3) is 3.70. The van der Waals surface area contributed by atoms with Gasteiger partial charge in [0, 0.05) is 12.1 Å². The summed E-state index contributed by atoms with van der Waals surface area (Å²) >= 11 is 0. The number of benzene rings is 1. The van der Waals surface area contributed by atoms with Crippen LogP contribution in [-0.2, 0) is 0 Å². The van der Waals surface area contributed by atoms with Gasteiger partial charge in [-0.2, -0.15) is 0 Å². The van der Waals surface area contributed by atoms with E-state index in [4.69, 9.17) is 4.74 Å². The van der Waals surface area contributed by atoms with Crippen LogP contribution in [-0.4, -0.2) is 32.7 Å². The molecule has 2 rings (SSSR count). The number of carbonyl (C=O) groups excluding carboxylic acids is 1. The minimum absolute atomic E-state index is 0.0168. The highest BCUT2D eigenvalue weighted by Crippen LogP contribution is 2.19. The van der Waals surface area contributed by atoms with Crippen molar-refractivity contribution in [2.24, 2.45) is 5.92 Å². The summed E-state index contributed by atoms with van der Waals surface area (Å²) in [4.78, 5) is 12.1. The molecule has 4 nitrogen and oxygen atoms in total. The molecule has 1 amide bonds. The van der Waals surface area contributed by atoms with Gasteiger partial charge >= 0.3 is 0 Å². The Balaban J connectivity index is 1.92. The van der Waals surface area contributed by atoms with Crippen molar-refractivity contribution in [2.75, 3.05) is 26.7 Å². The zero-order chi connectivity index (χ0) is 13.7. The van der Waals surface area contributed by atoms with E-state index in [1.807, 2.05) is 19.1 Å². The van der Waals surface area contributed by atoms with Crippen LogP contribution in [0.25, 0.3) is 0 Å². The number of amides is 1. The zero-order valence-electron chi connectivity index (χ0n) is 11.7. The van der Waals surface area contributed by atoms with Gasteiger partial charge in [0.15, 0.2) is 0 Å². The van der Waals surface area contributed by atoms with Crippen molar-refractivity contribution in [1.82, 2.24) is 10.6 Å². The lowest BCUT2D eigenvalue weighted by molar-refractivity contribution is 0.0944. The molecule has 1 aliphatic heterocycles. The second-order valence-corrected chi connectivity index (χ2v) is 5.09. The van der Waals surface area contributed by atoms with E-state index in [2.05, 4.69) is 10.6 Å². The van der Waals surface area contributed by atoms with Crippen LogP contribution in [0, 0.1) is 12.8 Å². The van der Waals surface area contributed by atoms with Crippen molar-refractivity contribution in [3.05, 3.63) is 29.3 Å². The predicted octanol–water partition coefficient (Wildman–Crippen LogP) is 1.73. The summed E-state index contributed by atoms with van der Waals surface area (Å²) in [5, 5.41) is 6.34. The lowest BCUT2D eigenvalue weighted by Crippen LogP contribution is -2.35. The zero-order valence-corrected chi connectivity index (χ0v) is 11.7. The minimum atomic E-state index is -0.0168. The lowest BCUT2D eigenvalue weighted by Gasteiger charge is -2.22. The van der Waals surface area contributed by atoms with Crippen LogP contribution in [0.3, 0.4) is 0 Å². The van der Waals surface area contributed by atoms with Crippen molar-refractivity contribution >= 4 is 5.91 Å². The van der Waals surface area contributed by atoms with Gasteiger partial charge in [0.25, 0.3) is 5.91 Å². The monoisotopic (exact) mass is 262 g/mol. The molecule has 1 aliphatic rings. The molecule has 2 N–H and O–H groups in total. The van der Waals surface area contributed by atoms with Crippen molar-refractivity contribution in [3.63, 3.8) is 0 Å². The molecule has 4 heteroatoms. The number of aryl methyl sites for hydroxylation is 1. The molecule has 104 valence electrons. The summed E-state index contributed by atoms with van der Waals surface area (Å²) in [7, 11) is 1.62. The van der Waals surface area contributed by atoms with E-state index < -0.39 is 0 Å². The molecule has 0 spiro atoms. The maximum absolute atomic E-state index is 12.1. The van der Waals surface area contributed by atoms with Gasteiger partial charge < -0.3 is 15.4 Å². The van der Waals surface area contributed by atoms with Crippen LogP contribution >= 0.6 is 0 Å². The molecule has 0 atom stereocenters. The van der Waals surface area contributed by atoms with Crippen molar-refractivity contribution in [3.8, 4) is 5.75 Å². The smallest absolute Gasteiger partial charge is 0.251 e. The topological polar surface area (TPSA) is 50.4 Å². The molecule has 0 unspecified atom stereocenters. The molecular formula is C15H22N2O2. The number of carbonyl (C=O) groups is 1. The third-order valence-corrected chi connectivity index (χ3v) is 3.68. The second kappa shape index (κ2) is 6.57. The molecule has 1 aromatic carbocycles. The van der Waals surface area contributed by atoms with Crippen LogP contribution in [0.2, 0.25) is 0 Å². The number of piperidine rings is 1. The van der Waals surface area contributed by atoms with Gasteiger partial charge in [-0.15, -0.1) is 0 Å². The Morgan fingerprint density at radius 3 is 2.84 bits per heavy atom. The molecule has 0 aromatic heterocycles. The second-order valence-electron chi connectivity index (χ2n) is 5.09. The first kappa shape index (κ1) is 13.9. The lowest BCUT2D eigenvalue weighted by atomic mass is 9.98. The highest BCUT2D eigenvalue weighted by molar-refractivity contribution is 5.94. The van der Waals surface area contributed by atoms with Crippen LogP contribution in [0.5, 0.6) is 5.75 Å². The van der Waals surface area contributed by atoms with E-state index in [9.17, 15) is 4.79 Å². The number of ether oxygens (including phenoxy) is 1. The quantitative estimate of drug-likeness (QED) is 0.869. The molecule has 0 aliphatic carbocycles. The van der Waals surface area contributed by atoms with Gasteiger partial charge in [0.2, 0.25) is 0 Å². The molecule has 1 aromatic rings. The van der Waals surface area contributed by atoms with Crippen molar-refractivity contribution in [2.45, 2.75) is 19.8 Å². The normalized spacial score (nSPS) is 16.1. The first-order valence-electron chi connectivity index (χ1n) is 6.84. The molecule has 0 bridgehead atoms. The van der Waals surface area contributed by atoms with Crippen LogP contribution in [0.15, 0.2) is 18.2 Å². The number of methoxy groups -OCH3 is 1. The van der Waals surface area contributed by atoms with Crippen molar-refractivity contribution in [1.29, 1.82) is 0 Å². The van der Waals surface area contributed by atoms with E-state index in [1.54, 1.807) is 13.2 Å². The largest absolute Gasteiger partial charge is 0.496 e. The Labute approximate surface area is 114 Å². The number of hydrogen-bond acceptors (Lipinski definition) is 3. The summed E-state index contributed by atoms with van der Waals surface area (Å²) in [5.74, 6) is 1.34. The van der Waals surface area contributed by atoms with Gasteiger partial charge in [-0.1, -0.05) is 6.07 Å². The summed E-state index contributed by atoms with van der Waals surface area (Å²) in [6.45, 7) is 4.84. The Bertz CT molecular complexity index is 440. The van der Waals surface area contributed by atoms with E-state index >= 15 is 0 Å². The minimum Gasteiger partial charge on any atom is -0.496 e. The van der Waals surface area contributed by atoms with Gasteiger partial charge in [0.05, 0.1) is 7.11 Å². The highest BCUT2D eigenvalue weighted by Gasteiger charge is 2.15. The van der Waals surface area contributed by atoms with Gasteiger partial charge in [0.1, 0.15) is 5.75 Å². The van der Waals surface area contributed by atoms with Gasteiger partial charge in [-0.3, -0.25) is 4.79 Å². The SMILES string of the molecule is COc1cc(C(=O)NCC2CCNCC2)ccc1C. The summed E-state index contributed by atoms with van der Waals surface area (Å²) < 4.78 is 5.24. The molecule has 0 radical (unpaired) electrons. The van der Waals surface area contributed by atoms with Crippen LogP contribution in [0.1, 0.15) is 28.8 Å². The molecular weight excluding hydrogens is 240 g/mol. The third-order valence-electron chi connectivity index (χ3n) is 3.68. The Hall–Kier alpha value is -1.55. The fourth-order valence-corrected chi connectivity index (χ4v) is 2.39. The fraction of sp³-hybridized carbons (Fsp3) is 0.533. The Morgan fingerprint density at radius 2 is 2.16 bits per heavy atom. The van der Waals surface area contributed by atoms with E-state index in [-0.39, 0.29) is 5.91 Å². The van der Waals surface area contributed by atoms with Crippen molar-refractivity contribution < 1.29 is 9.53 Å². The molecule has 0 saturated carbocycles.